The lowest BCUT2D eigenvalue weighted by Gasteiger charge is -2.26. The molecule has 0 saturated heterocycles. The Bertz CT molecular complexity index is 454. The highest BCUT2D eigenvalue weighted by Gasteiger charge is 2.52. The summed E-state index contributed by atoms with van der Waals surface area (Å²) >= 11 is 5.90. The van der Waals surface area contributed by atoms with Gasteiger partial charge in [0.15, 0.2) is 5.92 Å². The second-order valence-electron chi connectivity index (χ2n) is 3.61. The molecule has 0 amide bonds. The van der Waals surface area contributed by atoms with Gasteiger partial charge >= 0.3 is 11.0 Å². The number of ether oxygens (including phenoxy) is 1. The number of esters is 1. The maximum atomic E-state index is 11.6. The zero-order chi connectivity index (χ0) is 13.8. The van der Waals surface area contributed by atoms with E-state index in [1.54, 1.807) is 13.0 Å². The number of hydrogen-bond acceptors (Lipinski definition) is 5. The minimum absolute atomic E-state index is 0.0943. The molecule has 0 spiro atoms. The van der Waals surface area contributed by atoms with Crippen molar-refractivity contribution in [3.05, 3.63) is 34.4 Å². The van der Waals surface area contributed by atoms with Gasteiger partial charge in [0.25, 0.3) is 0 Å². The molecule has 1 rings (SSSR count). The Morgan fingerprint density at radius 1 is 1.72 bits per heavy atom. The largest absolute Gasteiger partial charge is 0.465 e. The molecule has 0 bridgehead atoms. The van der Waals surface area contributed by atoms with Crippen LogP contribution in [0.4, 0.5) is 0 Å². The molecule has 0 saturated carbocycles. The molecule has 1 aliphatic carbocycles. The Balaban J connectivity index is 3.08. The van der Waals surface area contributed by atoms with E-state index in [1.807, 2.05) is 0 Å². The topological polar surface area (TPSA) is 93.2 Å². The van der Waals surface area contributed by atoms with Gasteiger partial charge in [0.2, 0.25) is 0 Å². The van der Waals surface area contributed by atoms with E-state index in [2.05, 4.69) is 0 Å². The number of nitro groups is 1. The first kappa shape index (κ1) is 14.2. The van der Waals surface area contributed by atoms with Crippen molar-refractivity contribution in [2.24, 2.45) is 11.8 Å². The van der Waals surface area contributed by atoms with Crippen molar-refractivity contribution < 1.29 is 14.5 Å². The molecule has 7 heteroatoms. The monoisotopic (exact) mass is 270 g/mol. The van der Waals surface area contributed by atoms with Crippen LogP contribution in [0.2, 0.25) is 0 Å². The van der Waals surface area contributed by atoms with Crippen LogP contribution >= 0.6 is 11.6 Å². The van der Waals surface area contributed by atoms with Gasteiger partial charge in [0, 0.05) is 11.0 Å². The summed E-state index contributed by atoms with van der Waals surface area (Å²) in [4.78, 5) is 19.9. The van der Waals surface area contributed by atoms with E-state index in [0.29, 0.717) is 0 Å². The number of alkyl halides is 1. The molecule has 0 fully saturated rings. The molecule has 96 valence electrons. The Morgan fingerprint density at radius 2 is 2.39 bits per heavy atom. The fourth-order valence-electron chi connectivity index (χ4n) is 1.66. The van der Waals surface area contributed by atoms with Crippen LogP contribution < -0.4 is 0 Å². The lowest BCUT2D eigenvalue weighted by atomic mass is 9.83. The molecule has 0 aliphatic heterocycles. The molecular formula is C11H11ClN2O4. The van der Waals surface area contributed by atoms with Gasteiger partial charge in [-0.1, -0.05) is 18.2 Å². The SMILES string of the molecule is CCOC(=O)C(C#N)C1C=CC=CC1(Cl)[N+](=O)[O-]. The van der Waals surface area contributed by atoms with Gasteiger partial charge in [0.1, 0.15) is 0 Å². The Hall–Kier alpha value is -1.87. The van der Waals surface area contributed by atoms with Crippen molar-refractivity contribution in [3.8, 4) is 6.07 Å². The molecule has 6 nitrogen and oxygen atoms in total. The van der Waals surface area contributed by atoms with E-state index in [-0.39, 0.29) is 6.61 Å². The molecule has 0 N–H and O–H groups in total. The minimum Gasteiger partial charge on any atom is -0.465 e. The van der Waals surface area contributed by atoms with Crippen molar-refractivity contribution in [3.63, 3.8) is 0 Å². The van der Waals surface area contributed by atoms with Crippen LogP contribution in [0.5, 0.6) is 0 Å². The van der Waals surface area contributed by atoms with E-state index in [0.717, 1.165) is 6.08 Å². The first-order valence-electron chi connectivity index (χ1n) is 5.23. The number of nitriles is 1. The van der Waals surface area contributed by atoms with Crippen molar-refractivity contribution in [1.82, 2.24) is 0 Å². The van der Waals surface area contributed by atoms with Crippen LogP contribution in [0.15, 0.2) is 24.3 Å². The van der Waals surface area contributed by atoms with Crippen molar-refractivity contribution in [2.45, 2.75) is 11.9 Å². The maximum Gasteiger partial charge on any atom is 0.324 e. The second-order valence-corrected chi connectivity index (χ2v) is 4.22. The van der Waals surface area contributed by atoms with Crippen LogP contribution in [0.3, 0.4) is 0 Å². The van der Waals surface area contributed by atoms with Gasteiger partial charge in [-0.15, -0.1) is 0 Å². The Kier molecular flexibility index (Phi) is 4.45. The summed E-state index contributed by atoms with van der Waals surface area (Å²) in [6, 6.07) is 1.72. The molecule has 18 heavy (non-hydrogen) atoms. The molecule has 1 aliphatic rings. The van der Waals surface area contributed by atoms with E-state index < -0.39 is 27.7 Å². The number of hydrogen-bond donors (Lipinski definition) is 0. The minimum atomic E-state index is -2.00. The van der Waals surface area contributed by atoms with Crippen LogP contribution in [0, 0.1) is 33.3 Å². The standard InChI is InChI=1S/C11H11ClN2O4/c1-2-18-10(15)8(7-13)9-5-3-4-6-11(9,12)14(16)17/h3-6,8-9H,2H2,1H3. The van der Waals surface area contributed by atoms with Gasteiger partial charge in [-0.05, 0) is 18.5 Å². The van der Waals surface area contributed by atoms with Gasteiger partial charge in [-0.25, -0.2) is 0 Å². The van der Waals surface area contributed by atoms with Crippen LogP contribution in [-0.4, -0.2) is 22.5 Å². The number of allylic oxidation sites excluding steroid dienone is 2. The second kappa shape index (κ2) is 5.65. The predicted molar refractivity (Wildman–Crippen MR) is 63.1 cm³/mol. The van der Waals surface area contributed by atoms with E-state index in [4.69, 9.17) is 21.6 Å². The van der Waals surface area contributed by atoms with Crippen LogP contribution in [0.1, 0.15) is 6.92 Å². The normalized spacial score (nSPS) is 27.3. The quantitative estimate of drug-likeness (QED) is 0.254. The van der Waals surface area contributed by atoms with Gasteiger partial charge < -0.3 is 4.74 Å². The Morgan fingerprint density at radius 3 is 2.89 bits per heavy atom. The third-order valence-electron chi connectivity index (χ3n) is 2.55. The van der Waals surface area contributed by atoms with Gasteiger partial charge in [-0.3, -0.25) is 14.9 Å². The molecule has 0 aromatic rings. The smallest absolute Gasteiger partial charge is 0.324 e. The molecule has 3 unspecified atom stereocenters. The average Bonchev–Trinajstić information content (AvgIpc) is 2.32. The lowest BCUT2D eigenvalue weighted by molar-refractivity contribution is -0.536. The van der Waals surface area contributed by atoms with E-state index in [9.17, 15) is 14.9 Å². The average molecular weight is 271 g/mol. The summed E-state index contributed by atoms with van der Waals surface area (Å²) < 4.78 is 4.72. The zero-order valence-corrected chi connectivity index (χ0v) is 10.3. The molecular weight excluding hydrogens is 260 g/mol. The third kappa shape index (κ3) is 2.51. The molecule has 3 atom stereocenters. The number of carbonyl (C=O) groups excluding carboxylic acids is 1. The predicted octanol–water partition coefficient (Wildman–Crippen LogP) is 1.64. The zero-order valence-electron chi connectivity index (χ0n) is 9.58. The number of halogens is 1. The highest BCUT2D eigenvalue weighted by Crippen LogP contribution is 2.37. The van der Waals surface area contributed by atoms with Gasteiger partial charge in [0.05, 0.1) is 18.6 Å². The molecule has 0 aromatic heterocycles. The summed E-state index contributed by atoms with van der Waals surface area (Å²) in [7, 11) is 0. The summed E-state index contributed by atoms with van der Waals surface area (Å²) in [6.07, 6.45) is 5.45. The summed E-state index contributed by atoms with van der Waals surface area (Å²) in [5.74, 6) is -3.19. The van der Waals surface area contributed by atoms with Crippen LogP contribution in [-0.2, 0) is 9.53 Å². The molecule has 0 aromatic carbocycles. The summed E-state index contributed by atoms with van der Waals surface area (Å²) in [5, 5.41) is 20.0. The lowest BCUT2D eigenvalue weighted by Crippen LogP contribution is -2.44. The fourth-order valence-corrected chi connectivity index (χ4v) is 1.93. The van der Waals surface area contributed by atoms with E-state index in [1.165, 1.54) is 18.2 Å². The van der Waals surface area contributed by atoms with Crippen molar-refractivity contribution >= 4 is 17.6 Å². The van der Waals surface area contributed by atoms with E-state index >= 15 is 0 Å². The van der Waals surface area contributed by atoms with Crippen molar-refractivity contribution in [1.29, 1.82) is 5.26 Å². The molecule has 0 heterocycles. The number of carbonyl (C=O) groups is 1. The number of rotatable bonds is 4. The molecule has 0 radical (unpaired) electrons. The summed E-state index contributed by atoms with van der Waals surface area (Å²) in [5.41, 5.74) is 0. The maximum absolute atomic E-state index is 11.6. The Labute approximate surface area is 109 Å². The van der Waals surface area contributed by atoms with Crippen molar-refractivity contribution in [2.75, 3.05) is 6.61 Å². The van der Waals surface area contributed by atoms with Crippen LogP contribution in [0.25, 0.3) is 0 Å². The number of nitrogens with zero attached hydrogens (tertiary/aromatic N) is 2. The third-order valence-corrected chi connectivity index (χ3v) is 3.06. The first-order valence-corrected chi connectivity index (χ1v) is 5.60. The first-order chi connectivity index (χ1) is 8.47. The highest BCUT2D eigenvalue weighted by molar-refractivity contribution is 6.24. The highest BCUT2D eigenvalue weighted by atomic mass is 35.5. The van der Waals surface area contributed by atoms with Gasteiger partial charge in [-0.2, -0.15) is 5.26 Å². The fraction of sp³-hybridized carbons (Fsp3) is 0.455. The summed E-state index contributed by atoms with van der Waals surface area (Å²) in [6.45, 7) is 1.68.